The lowest BCUT2D eigenvalue weighted by molar-refractivity contribution is 0.0849. The monoisotopic (exact) mass is 445 g/mol. The molecule has 0 N–H and O–H groups in total. The zero-order chi connectivity index (χ0) is 23.0. The van der Waals surface area contributed by atoms with Gasteiger partial charge in [0.2, 0.25) is 0 Å². The van der Waals surface area contributed by atoms with Crippen molar-refractivity contribution in [3.63, 3.8) is 0 Å². The van der Waals surface area contributed by atoms with Gasteiger partial charge in [-0.2, -0.15) is 0 Å². The first-order valence-corrected chi connectivity index (χ1v) is 11.6. The topological polar surface area (TPSA) is 48.0 Å². The lowest BCUT2D eigenvalue weighted by Crippen LogP contribution is -2.27. The Bertz CT molecular complexity index is 1050. The van der Waals surface area contributed by atoms with Crippen molar-refractivity contribution in [3.8, 4) is 17.2 Å². The molecule has 4 rings (SSSR count). The molecule has 0 saturated heterocycles. The van der Waals surface area contributed by atoms with Crippen molar-refractivity contribution in [3.05, 3.63) is 89.5 Å². The van der Waals surface area contributed by atoms with E-state index in [0.717, 1.165) is 36.5 Å². The van der Waals surface area contributed by atoms with Gasteiger partial charge in [-0.15, -0.1) is 0 Å². The van der Waals surface area contributed by atoms with E-state index in [0.29, 0.717) is 36.7 Å². The van der Waals surface area contributed by atoms with E-state index in [-0.39, 0.29) is 11.9 Å². The van der Waals surface area contributed by atoms with Crippen LogP contribution in [0.2, 0.25) is 0 Å². The van der Waals surface area contributed by atoms with E-state index in [9.17, 15) is 4.79 Å². The van der Waals surface area contributed by atoms with Gasteiger partial charge in [-0.1, -0.05) is 56.3 Å². The summed E-state index contributed by atoms with van der Waals surface area (Å²) in [5.41, 5.74) is 2.63. The van der Waals surface area contributed by atoms with Gasteiger partial charge in [0, 0.05) is 6.54 Å². The van der Waals surface area contributed by atoms with Crippen molar-refractivity contribution < 1.29 is 19.0 Å². The molecule has 1 atom stereocenters. The van der Waals surface area contributed by atoms with Crippen LogP contribution in [0.4, 0.5) is 0 Å². The van der Waals surface area contributed by atoms with Gasteiger partial charge in [0.15, 0.2) is 5.78 Å². The summed E-state index contributed by atoms with van der Waals surface area (Å²) in [6, 6.07) is 23.3. The smallest absolute Gasteiger partial charge is 0.170 e. The first-order chi connectivity index (χ1) is 16.2. The van der Waals surface area contributed by atoms with Crippen molar-refractivity contribution in [2.75, 3.05) is 26.2 Å². The number of fused-ring (bicyclic) bond motifs is 1. The number of rotatable bonds is 10. The summed E-state index contributed by atoms with van der Waals surface area (Å²) in [6.45, 7) is 8.39. The molecule has 1 aliphatic rings. The molecule has 0 spiro atoms. The van der Waals surface area contributed by atoms with E-state index >= 15 is 0 Å². The molecule has 0 bridgehead atoms. The first kappa shape index (κ1) is 22.9. The second kappa shape index (κ2) is 11.0. The van der Waals surface area contributed by atoms with Crippen molar-refractivity contribution in [1.29, 1.82) is 0 Å². The highest BCUT2D eigenvalue weighted by molar-refractivity contribution is 6.00. The Morgan fingerprint density at radius 3 is 2.36 bits per heavy atom. The minimum Gasteiger partial charge on any atom is -0.492 e. The number of carbonyl (C=O) groups is 1. The zero-order valence-corrected chi connectivity index (χ0v) is 19.3. The average molecular weight is 446 g/mol. The van der Waals surface area contributed by atoms with Gasteiger partial charge in [-0.3, -0.25) is 4.79 Å². The number of benzene rings is 3. The van der Waals surface area contributed by atoms with Gasteiger partial charge < -0.3 is 19.1 Å². The molecule has 0 radical (unpaired) electrons. The van der Waals surface area contributed by atoms with Gasteiger partial charge in [-0.05, 0) is 54.5 Å². The minimum absolute atomic E-state index is 0.0711. The quantitative estimate of drug-likeness (QED) is 0.401. The van der Waals surface area contributed by atoms with Crippen molar-refractivity contribution in [1.82, 2.24) is 4.90 Å². The highest BCUT2D eigenvalue weighted by Gasteiger charge is 2.28. The number of hydrogen-bond acceptors (Lipinski definition) is 5. The molecule has 33 heavy (non-hydrogen) atoms. The Balaban J connectivity index is 1.32. The van der Waals surface area contributed by atoms with Crippen LogP contribution in [0, 0.1) is 0 Å². The summed E-state index contributed by atoms with van der Waals surface area (Å²) in [6.07, 6.45) is 0.0849. The lowest BCUT2D eigenvalue weighted by Gasteiger charge is -2.26. The first-order valence-electron chi connectivity index (χ1n) is 11.6. The summed E-state index contributed by atoms with van der Waals surface area (Å²) >= 11 is 0. The molecule has 0 aromatic heterocycles. The maximum Gasteiger partial charge on any atom is 0.170 e. The van der Waals surface area contributed by atoms with Crippen molar-refractivity contribution in [2.45, 2.75) is 33.0 Å². The molecule has 1 unspecified atom stereocenters. The fourth-order valence-electron chi connectivity index (χ4n) is 3.93. The molecule has 3 aromatic rings. The fourth-order valence-corrected chi connectivity index (χ4v) is 3.93. The van der Waals surface area contributed by atoms with E-state index in [1.807, 2.05) is 66.7 Å². The third-order valence-corrected chi connectivity index (χ3v) is 5.96. The third-order valence-electron chi connectivity index (χ3n) is 5.96. The Morgan fingerprint density at radius 2 is 1.64 bits per heavy atom. The molecular formula is C28H31NO4. The lowest BCUT2D eigenvalue weighted by atomic mass is 9.96. The highest BCUT2D eigenvalue weighted by Crippen LogP contribution is 2.36. The van der Waals surface area contributed by atoms with Crippen LogP contribution in [0.1, 0.15) is 47.9 Å². The number of nitrogens with zero attached hydrogens (tertiary/aromatic N) is 1. The van der Waals surface area contributed by atoms with Crippen molar-refractivity contribution in [2.24, 2.45) is 0 Å². The van der Waals surface area contributed by atoms with Gasteiger partial charge in [0.1, 0.15) is 36.6 Å². The molecule has 1 heterocycles. The van der Waals surface area contributed by atoms with Crippen LogP contribution in [0.3, 0.4) is 0 Å². The number of ether oxygens (including phenoxy) is 3. The molecule has 5 nitrogen and oxygen atoms in total. The summed E-state index contributed by atoms with van der Waals surface area (Å²) < 4.78 is 17.9. The number of carbonyl (C=O) groups excluding carboxylic acids is 1. The van der Waals surface area contributed by atoms with E-state index in [4.69, 9.17) is 14.2 Å². The Hall–Kier alpha value is -3.31. The van der Waals surface area contributed by atoms with Crippen LogP contribution < -0.4 is 14.2 Å². The normalized spacial score (nSPS) is 15.1. The number of Topliss-reactive ketones (excluding diaryl/α,β-unsaturated/α-hetero) is 1. The molecule has 172 valence electrons. The maximum absolute atomic E-state index is 12.7. The third kappa shape index (κ3) is 5.93. The van der Waals surface area contributed by atoms with Gasteiger partial charge in [0.25, 0.3) is 0 Å². The average Bonchev–Trinajstić information content (AvgIpc) is 2.87. The second-order valence-electron chi connectivity index (χ2n) is 8.11. The molecule has 0 amide bonds. The predicted molar refractivity (Wildman–Crippen MR) is 129 cm³/mol. The van der Waals surface area contributed by atoms with E-state index < -0.39 is 0 Å². The molecule has 0 saturated carbocycles. The summed E-state index contributed by atoms with van der Waals surface area (Å²) in [5, 5.41) is 0. The largest absolute Gasteiger partial charge is 0.492 e. The van der Waals surface area contributed by atoms with E-state index in [1.165, 1.54) is 0 Å². The maximum atomic E-state index is 12.7. The van der Waals surface area contributed by atoms with Gasteiger partial charge in [0.05, 0.1) is 12.0 Å². The van der Waals surface area contributed by atoms with Crippen LogP contribution in [-0.2, 0) is 6.61 Å². The molecule has 1 aliphatic heterocycles. The zero-order valence-electron chi connectivity index (χ0n) is 19.3. The second-order valence-corrected chi connectivity index (χ2v) is 8.11. The van der Waals surface area contributed by atoms with Crippen LogP contribution in [0.25, 0.3) is 0 Å². The SMILES string of the molecule is CCN(CC)CCOc1ccc(COc2ccc3c(c2)C(=O)CC(c2ccccc2)O3)cc1. The summed E-state index contributed by atoms with van der Waals surface area (Å²) in [5.74, 6) is 2.19. The van der Waals surface area contributed by atoms with Gasteiger partial charge >= 0.3 is 0 Å². The molecule has 0 aliphatic carbocycles. The fraction of sp³-hybridized carbons (Fsp3) is 0.321. The van der Waals surface area contributed by atoms with E-state index in [2.05, 4.69) is 18.7 Å². The molecular weight excluding hydrogens is 414 g/mol. The standard InChI is InChI=1S/C28H31NO4/c1-3-29(4-2)16-17-31-23-12-10-21(11-13-23)20-32-24-14-15-27-25(18-24)26(30)19-28(33-27)22-8-6-5-7-9-22/h5-15,18,28H,3-4,16-17,19-20H2,1-2H3. The van der Waals surface area contributed by atoms with Crippen LogP contribution in [0.5, 0.6) is 17.2 Å². The molecule has 3 aromatic carbocycles. The van der Waals surface area contributed by atoms with Crippen LogP contribution >= 0.6 is 0 Å². The van der Waals surface area contributed by atoms with Crippen molar-refractivity contribution >= 4 is 5.78 Å². The van der Waals surface area contributed by atoms with Crippen LogP contribution in [-0.4, -0.2) is 36.9 Å². The summed E-state index contributed by atoms with van der Waals surface area (Å²) in [7, 11) is 0. The number of ketones is 1. The Morgan fingerprint density at radius 1 is 0.909 bits per heavy atom. The predicted octanol–water partition coefficient (Wildman–Crippen LogP) is 5.69. The minimum atomic E-state index is -0.245. The summed E-state index contributed by atoms with van der Waals surface area (Å²) in [4.78, 5) is 15.1. The van der Waals surface area contributed by atoms with Gasteiger partial charge in [-0.25, -0.2) is 0 Å². The Kier molecular flexibility index (Phi) is 7.63. The number of likely N-dealkylation sites (N-methyl/N-ethyl adjacent to an activating group) is 1. The number of hydrogen-bond donors (Lipinski definition) is 0. The van der Waals surface area contributed by atoms with E-state index in [1.54, 1.807) is 6.07 Å². The molecule has 0 fully saturated rings. The molecule has 5 heteroatoms. The van der Waals surface area contributed by atoms with Crippen LogP contribution in [0.15, 0.2) is 72.8 Å². The Labute approximate surface area is 195 Å². The highest BCUT2D eigenvalue weighted by atomic mass is 16.5.